The lowest BCUT2D eigenvalue weighted by molar-refractivity contribution is -0.274. The smallest absolute Gasteiger partial charge is 0.454 e. The van der Waals surface area contributed by atoms with E-state index in [-0.39, 0.29) is 28.7 Å². The normalized spacial score (nSPS) is 11.8. The Morgan fingerprint density at radius 1 is 1.00 bits per heavy atom. The number of nitrogens with one attached hydrogen (secondary N) is 2. The standard InChI is InChI=1S/C30H29F3N6O4S/c1-4-20-7-5-6-8-25(20)36-29(44-18-42-27(40)19(2)3)37-28(41)35-22-11-9-21(10-12-22)26-34-17-39(38-26)23-13-15-24(16-14-23)43-30(31,32)33/h5-17,19H,4,18H2,1-3H3,(H2,35,36,37,41). The molecule has 0 spiro atoms. The van der Waals surface area contributed by atoms with Gasteiger partial charge in [-0.05, 0) is 78.3 Å². The van der Waals surface area contributed by atoms with Crippen LogP contribution in [0.5, 0.6) is 5.75 Å². The molecule has 1 aromatic heterocycles. The molecule has 44 heavy (non-hydrogen) atoms. The van der Waals surface area contributed by atoms with E-state index in [2.05, 4.69) is 30.4 Å². The minimum absolute atomic E-state index is 0.0236. The SMILES string of the molecule is CCc1ccccc1N/C(=N\C(=O)Nc1ccc(-c2ncn(-c3ccc(OC(F)(F)F)cc3)n2)cc1)SCOC(=O)C(C)C. The zero-order valence-electron chi connectivity index (χ0n) is 24.0. The lowest BCUT2D eigenvalue weighted by atomic mass is 10.1. The molecule has 0 aliphatic rings. The summed E-state index contributed by atoms with van der Waals surface area (Å²) in [5.41, 5.74) is 3.41. The van der Waals surface area contributed by atoms with Gasteiger partial charge in [0, 0.05) is 16.9 Å². The monoisotopic (exact) mass is 626 g/mol. The van der Waals surface area contributed by atoms with Crippen LogP contribution >= 0.6 is 11.8 Å². The molecule has 10 nitrogen and oxygen atoms in total. The predicted molar refractivity (Wildman–Crippen MR) is 163 cm³/mol. The number of hydrogen-bond donors (Lipinski definition) is 2. The number of aliphatic imine (C=N–C) groups is 1. The minimum Gasteiger partial charge on any atom is -0.454 e. The molecule has 0 saturated carbocycles. The van der Waals surface area contributed by atoms with Crippen LogP contribution in [-0.4, -0.2) is 44.2 Å². The molecule has 0 bridgehead atoms. The van der Waals surface area contributed by atoms with E-state index in [1.54, 1.807) is 38.1 Å². The fraction of sp³-hybridized carbons (Fsp3) is 0.233. The fourth-order valence-electron chi connectivity index (χ4n) is 3.74. The number of nitrogens with zero attached hydrogens (tertiary/aromatic N) is 4. The Bertz CT molecular complexity index is 1610. The Labute approximate surface area is 255 Å². The summed E-state index contributed by atoms with van der Waals surface area (Å²) in [5.74, 6) is -0.642. The van der Waals surface area contributed by atoms with E-state index in [0.717, 1.165) is 29.4 Å². The minimum atomic E-state index is -4.78. The quantitative estimate of drug-likeness (QED) is 0.0861. The van der Waals surface area contributed by atoms with Gasteiger partial charge in [0.25, 0.3) is 0 Å². The third-order valence-electron chi connectivity index (χ3n) is 5.93. The molecular formula is C30H29F3N6O4S. The van der Waals surface area contributed by atoms with Crippen molar-refractivity contribution in [2.45, 2.75) is 33.6 Å². The predicted octanol–water partition coefficient (Wildman–Crippen LogP) is 7.29. The number of alkyl halides is 3. The summed E-state index contributed by atoms with van der Waals surface area (Å²) in [6.07, 6.45) is -2.58. The molecule has 230 valence electrons. The van der Waals surface area contributed by atoms with Crippen molar-refractivity contribution in [3.05, 3.63) is 84.7 Å². The molecule has 2 amide bonds. The number of esters is 1. The summed E-state index contributed by atoms with van der Waals surface area (Å²) >= 11 is 1.08. The zero-order chi connectivity index (χ0) is 31.7. The molecule has 0 unspecified atom stereocenters. The molecule has 1 heterocycles. The van der Waals surface area contributed by atoms with Crippen molar-refractivity contribution >= 4 is 40.3 Å². The molecule has 2 N–H and O–H groups in total. The molecule has 0 radical (unpaired) electrons. The Morgan fingerprint density at radius 2 is 1.70 bits per heavy atom. The number of para-hydroxylation sites is 1. The van der Waals surface area contributed by atoms with E-state index in [4.69, 9.17) is 4.74 Å². The van der Waals surface area contributed by atoms with Gasteiger partial charge in [-0.15, -0.1) is 18.3 Å². The number of amides is 2. The Morgan fingerprint density at radius 3 is 2.36 bits per heavy atom. The first-order chi connectivity index (χ1) is 21.0. The van der Waals surface area contributed by atoms with Crippen molar-refractivity contribution < 1.29 is 32.2 Å². The highest BCUT2D eigenvalue weighted by atomic mass is 32.2. The second-order valence-electron chi connectivity index (χ2n) is 9.49. The fourth-order valence-corrected chi connectivity index (χ4v) is 4.35. The van der Waals surface area contributed by atoms with Gasteiger partial charge < -0.3 is 20.1 Å². The Balaban J connectivity index is 1.42. The highest BCUT2D eigenvalue weighted by molar-refractivity contribution is 8.14. The van der Waals surface area contributed by atoms with Gasteiger partial charge in [-0.2, -0.15) is 4.99 Å². The van der Waals surface area contributed by atoms with E-state index in [0.29, 0.717) is 22.8 Å². The number of aryl methyl sites for hydroxylation is 1. The highest BCUT2D eigenvalue weighted by Crippen LogP contribution is 2.25. The number of urea groups is 1. The summed E-state index contributed by atoms with van der Waals surface area (Å²) in [7, 11) is 0. The van der Waals surface area contributed by atoms with Gasteiger partial charge >= 0.3 is 18.4 Å². The van der Waals surface area contributed by atoms with Crippen LogP contribution in [-0.2, 0) is 16.0 Å². The van der Waals surface area contributed by atoms with Crippen molar-refractivity contribution in [2.24, 2.45) is 10.9 Å². The van der Waals surface area contributed by atoms with Crippen LogP contribution in [0.2, 0.25) is 0 Å². The van der Waals surface area contributed by atoms with Crippen LogP contribution < -0.4 is 15.4 Å². The number of rotatable bonds is 9. The van der Waals surface area contributed by atoms with Gasteiger partial charge in [-0.25, -0.2) is 14.5 Å². The molecule has 0 fully saturated rings. The summed E-state index contributed by atoms with van der Waals surface area (Å²) in [6, 6.07) is 18.9. The summed E-state index contributed by atoms with van der Waals surface area (Å²) in [4.78, 5) is 33.1. The number of anilines is 2. The van der Waals surface area contributed by atoms with Gasteiger partial charge in [-0.1, -0.05) is 39.0 Å². The maximum atomic E-state index is 12.8. The number of amidine groups is 1. The van der Waals surface area contributed by atoms with E-state index >= 15 is 0 Å². The van der Waals surface area contributed by atoms with Crippen molar-refractivity contribution in [3.63, 3.8) is 0 Å². The molecule has 0 saturated heterocycles. The number of carbonyl (C=O) groups is 2. The number of hydrogen-bond acceptors (Lipinski definition) is 7. The molecule has 0 aliphatic carbocycles. The summed E-state index contributed by atoms with van der Waals surface area (Å²) in [5, 5.41) is 10.5. The highest BCUT2D eigenvalue weighted by Gasteiger charge is 2.31. The van der Waals surface area contributed by atoms with Crippen LogP contribution in [0.4, 0.5) is 29.3 Å². The van der Waals surface area contributed by atoms with Gasteiger partial charge in [0.2, 0.25) is 0 Å². The Kier molecular flexibility index (Phi) is 10.6. The lowest BCUT2D eigenvalue weighted by Crippen LogP contribution is -2.18. The summed E-state index contributed by atoms with van der Waals surface area (Å²) < 4.78 is 47.8. The third-order valence-corrected chi connectivity index (χ3v) is 6.63. The first-order valence-electron chi connectivity index (χ1n) is 13.4. The van der Waals surface area contributed by atoms with Crippen molar-refractivity contribution in [1.29, 1.82) is 0 Å². The Hall–Kier alpha value is -4.85. The average Bonchev–Trinajstić information content (AvgIpc) is 3.47. The van der Waals surface area contributed by atoms with Gasteiger partial charge in [0.15, 0.2) is 11.0 Å². The molecule has 14 heteroatoms. The number of aromatic nitrogens is 3. The van der Waals surface area contributed by atoms with Crippen LogP contribution in [0.15, 0.2) is 84.1 Å². The van der Waals surface area contributed by atoms with Crippen LogP contribution in [0.1, 0.15) is 26.3 Å². The third kappa shape index (κ3) is 9.33. The van der Waals surface area contributed by atoms with Gasteiger partial charge in [0.05, 0.1) is 11.6 Å². The molecular weight excluding hydrogens is 597 g/mol. The number of ether oxygens (including phenoxy) is 2. The van der Waals surface area contributed by atoms with Crippen LogP contribution in [0.3, 0.4) is 0 Å². The second-order valence-corrected chi connectivity index (χ2v) is 10.4. The first kappa shape index (κ1) is 32.1. The van der Waals surface area contributed by atoms with Gasteiger partial charge in [-0.3, -0.25) is 4.79 Å². The molecule has 3 aromatic carbocycles. The van der Waals surface area contributed by atoms with Crippen molar-refractivity contribution in [3.8, 4) is 22.8 Å². The zero-order valence-corrected chi connectivity index (χ0v) is 24.8. The summed E-state index contributed by atoms with van der Waals surface area (Å²) in [6.45, 7) is 5.48. The molecule has 4 rings (SSSR count). The average molecular weight is 627 g/mol. The number of benzene rings is 3. The topological polar surface area (TPSA) is 120 Å². The first-order valence-corrected chi connectivity index (χ1v) is 14.4. The van der Waals surface area contributed by atoms with Crippen LogP contribution in [0, 0.1) is 5.92 Å². The molecule has 0 atom stereocenters. The molecule has 0 aliphatic heterocycles. The van der Waals surface area contributed by atoms with E-state index in [1.807, 2.05) is 31.2 Å². The maximum absolute atomic E-state index is 12.8. The largest absolute Gasteiger partial charge is 0.573 e. The van der Waals surface area contributed by atoms with Gasteiger partial charge in [0.1, 0.15) is 18.0 Å². The number of carbonyl (C=O) groups excluding carboxylic acids is 2. The van der Waals surface area contributed by atoms with E-state index in [9.17, 15) is 22.8 Å². The maximum Gasteiger partial charge on any atom is 0.573 e. The lowest BCUT2D eigenvalue weighted by Gasteiger charge is -2.13. The molecule has 4 aromatic rings. The number of thioether (sulfide) groups is 1. The van der Waals surface area contributed by atoms with Crippen molar-refractivity contribution in [2.75, 3.05) is 16.6 Å². The van der Waals surface area contributed by atoms with Crippen molar-refractivity contribution in [1.82, 2.24) is 14.8 Å². The van der Waals surface area contributed by atoms with E-state index < -0.39 is 12.4 Å². The second kappa shape index (κ2) is 14.6. The van der Waals surface area contributed by atoms with E-state index in [1.165, 1.54) is 35.3 Å². The van der Waals surface area contributed by atoms with Crippen LogP contribution in [0.25, 0.3) is 17.1 Å². The number of halogens is 3.